The highest BCUT2D eigenvalue weighted by molar-refractivity contribution is 5.62. The van der Waals surface area contributed by atoms with E-state index in [2.05, 4.69) is 4.98 Å². The van der Waals surface area contributed by atoms with E-state index in [1.54, 1.807) is 12.1 Å². The van der Waals surface area contributed by atoms with E-state index in [0.717, 1.165) is 6.07 Å². The van der Waals surface area contributed by atoms with Crippen LogP contribution in [0.1, 0.15) is 0 Å². The summed E-state index contributed by atoms with van der Waals surface area (Å²) in [6.45, 7) is 0. The molecule has 0 saturated carbocycles. The van der Waals surface area contributed by atoms with Gasteiger partial charge in [0.2, 0.25) is 0 Å². The summed E-state index contributed by atoms with van der Waals surface area (Å²) in [6, 6.07) is 4.51. The van der Waals surface area contributed by atoms with Gasteiger partial charge in [-0.1, -0.05) is 6.07 Å². The topological polar surface area (TPSA) is 12.9 Å². The summed E-state index contributed by atoms with van der Waals surface area (Å²) in [6.07, 6.45) is 2.90. The van der Waals surface area contributed by atoms with Gasteiger partial charge in [-0.15, -0.1) is 0 Å². The molecule has 0 aliphatic rings. The van der Waals surface area contributed by atoms with Gasteiger partial charge in [0.15, 0.2) is 11.6 Å². The molecule has 0 spiro atoms. The Morgan fingerprint density at radius 1 is 0.933 bits per heavy atom. The van der Waals surface area contributed by atoms with Gasteiger partial charge in [0.05, 0.1) is 0 Å². The lowest BCUT2D eigenvalue weighted by molar-refractivity contribution is 0.496. The van der Waals surface area contributed by atoms with Crippen molar-refractivity contribution in [3.05, 3.63) is 54.1 Å². The lowest BCUT2D eigenvalue weighted by Crippen LogP contribution is -1.91. The minimum Gasteiger partial charge on any atom is -0.264 e. The van der Waals surface area contributed by atoms with Crippen molar-refractivity contribution in [2.24, 2.45) is 0 Å². The molecule has 0 atom stereocenters. The molecule has 0 bridgehead atoms. The van der Waals surface area contributed by atoms with Crippen LogP contribution in [0, 0.1) is 17.5 Å². The van der Waals surface area contributed by atoms with Crippen LogP contribution in [-0.2, 0) is 0 Å². The number of rotatable bonds is 1. The Morgan fingerprint density at radius 3 is 2.33 bits per heavy atom. The molecule has 2 rings (SSSR count). The van der Waals surface area contributed by atoms with Gasteiger partial charge in [-0.25, -0.2) is 13.2 Å². The fourth-order valence-electron chi connectivity index (χ4n) is 1.27. The lowest BCUT2D eigenvalue weighted by atomic mass is 10.1. The van der Waals surface area contributed by atoms with Crippen LogP contribution in [0.5, 0.6) is 0 Å². The highest BCUT2D eigenvalue weighted by atomic mass is 19.2. The third-order valence-corrected chi connectivity index (χ3v) is 1.98. The Kier molecular flexibility index (Phi) is 2.41. The summed E-state index contributed by atoms with van der Waals surface area (Å²) >= 11 is 0. The van der Waals surface area contributed by atoms with Gasteiger partial charge in [-0.05, 0) is 12.1 Å². The third-order valence-electron chi connectivity index (χ3n) is 1.98. The van der Waals surface area contributed by atoms with Crippen LogP contribution >= 0.6 is 0 Å². The summed E-state index contributed by atoms with van der Waals surface area (Å²) in [7, 11) is 0. The summed E-state index contributed by atoms with van der Waals surface area (Å²) in [5.41, 5.74) is 0.413. The molecule has 0 saturated heterocycles. The predicted octanol–water partition coefficient (Wildman–Crippen LogP) is 3.17. The molecule has 1 aromatic heterocycles. The van der Waals surface area contributed by atoms with E-state index in [4.69, 9.17) is 0 Å². The first kappa shape index (κ1) is 9.71. The van der Waals surface area contributed by atoms with Gasteiger partial charge in [-0.3, -0.25) is 4.98 Å². The van der Waals surface area contributed by atoms with Crippen molar-refractivity contribution in [2.75, 3.05) is 0 Å². The van der Waals surface area contributed by atoms with E-state index in [1.165, 1.54) is 12.4 Å². The Morgan fingerprint density at radius 2 is 1.67 bits per heavy atom. The molecule has 0 fully saturated rings. The smallest absolute Gasteiger partial charge is 0.161 e. The van der Waals surface area contributed by atoms with Gasteiger partial charge in [0, 0.05) is 29.6 Å². The van der Waals surface area contributed by atoms with E-state index in [-0.39, 0.29) is 5.56 Å². The molecule has 0 aliphatic carbocycles. The SMILES string of the molecule is Fc1cc(F)c(-c2cccnc2)cc1F. The first-order valence-electron chi connectivity index (χ1n) is 4.23. The molecular weight excluding hydrogens is 203 g/mol. The van der Waals surface area contributed by atoms with E-state index in [0.29, 0.717) is 11.6 Å². The van der Waals surface area contributed by atoms with E-state index < -0.39 is 17.5 Å². The summed E-state index contributed by atoms with van der Waals surface area (Å²) in [5, 5.41) is 0. The maximum Gasteiger partial charge on any atom is 0.161 e. The minimum atomic E-state index is -1.19. The monoisotopic (exact) mass is 209 g/mol. The molecule has 4 heteroatoms. The Bertz CT molecular complexity index is 483. The quantitative estimate of drug-likeness (QED) is 0.657. The fourth-order valence-corrected chi connectivity index (χ4v) is 1.27. The maximum atomic E-state index is 13.3. The van der Waals surface area contributed by atoms with Gasteiger partial charge in [-0.2, -0.15) is 0 Å². The molecule has 1 heterocycles. The van der Waals surface area contributed by atoms with Crippen molar-refractivity contribution in [1.29, 1.82) is 0 Å². The Labute approximate surface area is 84.2 Å². The molecule has 0 unspecified atom stereocenters. The average Bonchev–Trinajstić information content (AvgIpc) is 2.25. The van der Waals surface area contributed by atoms with Crippen LogP contribution in [-0.4, -0.2) is 4.98 Å². The van der Waals surface area contributed by atoms with Crippen molar-refractivity contribution in [3.63, 3.8) is 0 Å². The van der Waals surface area contributed by atoms with Crippen LogP contribution in [0.2, 0.25) is 0 Å². The average molecular weight is 209 g/mol. The van der Waals surface area contributed by atoms with Crippen molar-refractivity contribution in [1.82, 2.24) is 4.98 Å². The molecule has 76 valence electrons. The second kappa shape index (κ2) is 3.73. The molecule has 1 aromatic carbocycles. The van der Waals surface area contributed by atoms with Crippen molar-refractivity contribution in [2.45, 2.75) is 0 Å². The molecule has 15 heavy (non-hydrogen) atoms. The van der Waals surface area contributed by atoms with Crippen LogP contribution in [0.4, 0.5) is 13.2 Å². The van der Waals surface area contributed by atoms with Crippen molar-refractivity contribution >= 4 is 0 Å². The summed E-state index contributed by atoms with van der Waals surface area (Å²) in [4.78, 5) is 3.77. The zero-order valence-corrected chi connectivity index (χ0v) is 7.55. The van der Waals surface area contributed by atoms with Crippen LogP contribution in [0.25, 0.3) is 11.1 Å². The van der Waals surface area contributed by atoms with Gasteiger partial charge < -0.3 is 0 Å². The van der Waals surface area contributed by atoms with E-state index in [1.807, 2.05) is 0 Å². The van der Waals surface area contributed by atoms with Crippen LogP contribution < -0.4 is 0 Å². The normalized spacial score (nSPS) is 10.3. The number of benzene rings is 1. The summed E-state index contributed by atoms with van der Waals surface area (Å²) < 4.78 is 38.8. The van der Waals surface area contributed by atoms with Gasteiger partial charge >= 0.3 is 0 Å². The molecule has 0 radical (unpaired) electrons. The molecule has 0 N–H and O–H groups in total. The lowest BCUT2D eigenvalue weighted by Gasteiger charge is -2.03. The van der Waals surface area contributed by atoms with Crippen molar-refractivity contribution < 1.29 is 13.2 Å². The zero-order chi connectivity index (χ0) is 10.8. The van der Waals surface area contributed by atoms with Crippen molar-refractivity contribution in [3.8, 4) is 11.1 Å². The van der Waals surface area contributed by atoms with E-state index >= 15 is 0 Å². The second-order valence-corrected chi connectivity index (χ2v) is 2.99. The Hall–Kier alpha value is -1.84. The third kappa shape index (κ3) is 1.83. The largest absolute Gasteiger partial charge is 0.264 e. The number of aromatic nitrogens is 1. The first-order valence-corrected chi connectivity index (χ1v) is 4.23. The first-order chi connectivity index (χ1) is 7.18. The van der Waals surface area contributed by atoms with E-state index in [9.17, 15) is 13.2 Å². The molecular formula is C11H6F3N. The Balaban J connectivity index is 2.59. The fraction of sp³-hybridized carbons (Fsp3) is 0. The maximum absolute atomic E-state index is 13.3. The number of pyridine rings is 1. The second-order valence-electron chi connectivity index (χ2n) is 2.99. The zero-order valence-electron chi connectivity index (χ0n) is 7.55. The minimum absolute atomic E-state index is 0.00185. The molecule has 1 nitrogen and oxygen atoms in total. The van der Waals surface area contributed by atoms with Crippen LogP contribution in [0.15, 0.2) is 36.7 Å². The molecule has 0 amide bonds. The van der Waals surface area contributed by atoms with Crippen LogP contribution in [0.3, 0.4) is 0 Å². The van der Waals surface area contributed by atoms with Gasteiger partial charge in [0.25, 0.3) is 0 Å². The number of nitrogens with zero attached hydrogens (tertiary/aromatic N) is 1. The highest BCUT2D eigenvalue weighted by Crippen LogP contribution is 2.24. The summed E-state index contributed by atoms with van der Waals surface area (Å²) in [5.74, 6) is -3.07. The highest BCUT2D eigenvalue weighted by Gasteiger charge is 2.10. The van der Waals surface area contributed by atoms with Gasteiger partial charge in [0.1, 0.15) is 5.82 Å². The molecule has 0 aliphatic heterocycles. The number of halogens is 3. The molecule has 2 aromatic rings. The standard InChI is InChI=1S/C11H6F3N/c12-9-5-11(14)10(13)4-8(9)7-2-1-3-15-6-7/h1-6H. The number of hydrogen-bond donors (Lipinski definition) is 0. The predicted molar refractivity (Wildman–Crippen MR) is 49.5 cm³/mol. The number of hydrogen-bond acceptors (Lipinski definition) is 1.